The van der Waals surface area contributed by atoms with Crippen LogP contribution in [0.1, 0.15) is 36.8 Å². The summed E-state index contributed by atoms with van der Waals surface area (Å²) in [7, 11) is 0. The van der Waals surface area contributed by atoms with E-state index in [9.17, 15) is 27.9 Å². The van der Waals surface area contributed by atoms with Gasteiger partial charge in [-0.3, -0.25) is 0 Å². The van der Waals surface area contributed by atoms with Gasteiger partial charge < -0.3 is 15.2 Å². The zero-order valence-corrected chi connectivity index (χ0v) is 16.3. The number of amides is 1. The molecule has 1 amide bonds. The summed E-state index contributed by atoms with van der Waals surface area (Å²) in [6.45, 7) is 1.28. The maximum Gasteiger partial charge on any atom is 0.407 e. The lowest BCUT2D eigenvalue weighted by molar-refractivity contribution is -0.148. The SMILES string of the molecule is CC(CC(NC(=O)OCC1c2ccccc2-c2ccccc21)C(=O)O)CC(F)(F)F. The van der Waals surface area contributed by atoms with Crippen LogP contribution in [-0.4, -0.2) is 36.0 Å². The van der Waals surface area contributed by atoms with Crippen LogP contribution in [0.3, 0.4) is 0 Å². The number of nitrogens with one attached hydrogen (secondary N) is 1. The van der Waals surface area contributed by atoms with Crippen molar-refractivity contribution in [1.29, 1.82) is 0 Å². The quantitative estimate of drug-likeness (QED) is 0.663. The Bertz CT molecular complexity index is 883. The normalized spacial score (nSPS) is 15.1. The van der Waals surface area contributed by atoms with E-state index in [1.54, 1.807) is 0 Å². The summed E-state index contributed by atoms with van der Waals surface area (Å²) in [6.07, 6.45) is -6.84. The van der Waals surface area contributed by atoms with Crippen molar-refractivity contribution in [2.24, 2.45) is 5.92 Å². The Hall–Kier alpha value is -3.03. The smallest absolute Gasteiger partial charge is 0.407 e. The number of carboxylic acids is 1. The molecule has 160 valence electrons. The number of aliphatic carboxylic acids is 1. The van der Waals surface area contributed by atoms with Gasteiger partial charge >= 0.3 is 18.2 Å². The van der Waals surface area contributed by atoms with Crippen molar-refractivity contribution < 1.29 is 32.6 Å². The van der Waals surface area contributed by atoms with Crippen LogP contribution in [0.25, 0.3) is 11.1 Å². The molecule has 1 aliphatic carbocycles. The van der Waals surface area contributed by atoms with Crippen LogP contribution in [0.15, 0.2) is 48.5 Å². The Balaban J connectivity index is 1.63. The summed E-state index contributed by atoms with van der Waals surface area (Å²) in [5, 5.41) is 11.4. The molecule has 30 heavy (non-hydrogen) atoms. The van der Waals surface area contributed by atoms with E-state index in [4.69, 9.17) is 4.74 Å². The summed E-state index contributed by atoms with van der Waals surface area (Å²) >= 11 is 0. The highest BCUT2D eigenvalue weighted by molar-refractivity contribution is 5.81. The lowest BCUT2D eigenvalue weighted by Gasteiger charge is -2.20. The monoisotopic (exact) mass is 421 g/mol. The standard InChI is InChI=1S/C22H22F3NO4/c1-13(11-22(23,24)25)10-19(20(27)28)26-21(29)30-12-18-16-8-4-2-6-14(16)15-7-3-5-9-17(15)18/h2-9,13,18-19H,10-12H2,1H3,(H,26,29)(H,27,28). The molecular weight excluding hydrogens is 399 g/mol. The fraction of sp³-hybridized carbons (Fsp3) is 0.364. The first-order valence-corrected chi connectivity index (χ1v) is 9.56. The number of carboxylic acid groups (broad SMARTS) is 1. The first-order valence-electron chi connectivity index (χ1n) is 9.56. The molecule has 0 saturated carbocycles. The van der Waals surface area contributed by atoms with E-state index in [2.05, 4.69) is 5.32 Å². The molecule has 8 heteroatoms. The average Bonchev–Trinajstić information content (AvgIpc) is 2.98. The minimum atomic E-state index is -4.40. The number of carbonyl (C=O) groups excluding carboxylic acids is 1. The molecule has 2 aromatic carbocycles. The van der Waals surface area contributed by atoms with E-state index in [1.165, 1.54) is 6.92 Å². The largest absolute Gasteiger partial charge is 0.480 e. The van der Waals surface area contributed by atoms with Crippen LogP contribution in [0.5, 0.6) is 0 Å². The van der Waals surface area contributed by atoms with Crippen molar-refractivity contribution in [2.75, 3.05) is 6.61 Å². The van der Waals surface area contributed by atoms with Crippen molar-refractivity contribution >= 4 is 12.1 Å². The predicted molar refractivity (Wildman–Crippen MR) is 104 cm³/mol. The zero-order valence-electron chi connectivity index (χ0n) is 16.3. The Morgan fingerprint density at radius 3 is 2.10 bits per heavy atom. The molecule has 0 saturated heterocycles. The molecule has 0 bridgehead atoms. The molecule has 3 rings (SSSR count). The van der Waals surface area contributed by atoms with E-state index in [0.717, 1.165) is 22.3 Å². The van der Waals surface area contributed by atoms with Gasteiger partial charge in [-0.25, -0.2) is 9.59 Å². The number of alkyl halides is 3. The molecule has 0 aliphatic heterocycles. The summed E-state index contributed by atoms with van der Waals surface area (Å²) in [5.41, 5.74) is 4.10. The first kappa shape index (κ1) is 21.7. The van der Waals surface area contributed by atoms with Gasteiger partial charge in [0.05, 0.1) is 0 Å². The Morgan fingerprint density at radius 1 is 1.07 bits per heavy atom. The molecule has 1 aliphatic rings. The van der Waals surface area contributed by atoms with Crippen molar-refractivity contribution in [3.63, 3.8) is 0 Å². The van der Waals surface area contributed by atoms with Crippen molar-refractivity contribution in [3.05, 3.63) is 59.7 Å². The summed E-state index contributed by atoms with van der Waals surface area (Å²) < 4.78 is 42.8. The zero-order chi connectivity index (χ0) is 21.9. The number of alkyl carbamates (subject to hydrolysis) is 1. The summed E-state index contributed by atoms with van der Waals surface area (Å²) in [4.78, 5) is 23.6. The molecule has 0 radical (unpaired) electrons. The Morgan fingerprint density at radius 2 is 1.60 bits per heavy atom. The Kier molecular flexibility index (Phi) is 6.34. The second kappa shape index (κ2) is 8.77. The number of ether oxygens (including phenoxy) is 1. The third-order valence-electron chi connectivity index (χ3n) is 5.15. The van der Waals surface area contributed by atoms with Gasteiger partial charge in [-0.1, -0.05) is 55.5 Å². The Labute approximate surface area is 171 Å². The minimum absolute atomic E-state index is 0.00962. The highest BCUT2D eigenvalue weighted by Gasteiger charge is 2.33. The third-order valence-corrected chi connectivity index (χ3v) is 5.15. The van der Waals surface area contributed by atoms with Crippen LogP contribution in [0, 0.1) is 5.92 Å². The first-order chi connectivity index (χ1) is 14.2. The van der Waals surface area contributed by atoms with Crippen LogP contribution in [0.2, 0.25) is 0 Å². The maximum absolute atomic E-state index is 12.5. The number of fused-ring (bicyclic) bond motifs is 3. The van der Waals surface area contributed by atoms with E-state index in [1.807, 2.05) is 48.5 Å². The molecule has 2 unspecified atom stereocenters. The second-order valence-electron chi connectivity index (χ2n) is 7.52. The molecular formula is C22H22F3NO4. The second-order valence-corrected chi connectivity index (χ2v) is 7.52. The number of hydrogen-bond acceptors (Lipinski definition) is 3. The molecule has 2 atom stereocenters. The molecule has 0 spiro atoms. The fourth-order valence-corrected chi connectivity index (χ4v) is 3.88. The summed E-state index contributed by atoms with van der Waals surface area (Å²) in [5.74, 6) is -2.56. The van der Waals surface area contributed by atoms with Gasteiger partial charge in [-0.05, 0) is 34.6 Å². The van der Waals surface area contributed by atoms with Crippen LogP contribution >= 0.6 is 0 Å². The molecule has 0 heterocycles. The van der Waals surface area contributed by atoms with E-state index in [0.29, 0.717) is 0 Å². The molecule has 0 aromatic heterocycles. The van der Waals surface area contributed by atoms with E-state index >= 15 is 0 Å². The van der Waals surface area contributed by atoms with Crippen molar-refractivity contribution in [1.82, 2.24) is 5.32 Å². The molecule has 2 N–H and O–H groups in total. The average molecular weight is 421 g/mol. The van der Waals surface area contributed by atoms with Crippen LogP contribution < -0.4 is 5.32 Å². The lowest BCUT2D eigenvalue weighted by atomic mass is 9.98. The minimum Gasteiger partial charge on any atom is -0.480 e. The van der Waals surface area contributed by atoms with Gasteiger partial charge in [0.2, 0.25) is 0 Å². The van der Waals surface area contributed by atoms with Crippen molar-refractivity contribution in [2.45, 2.75) is 37.9 Å². The number of rotatable bonds is 7. The number of benzene rings is 2. The topological polar surface area (TPSA) is 75.6 Å². The highest BCUT2D eigenvalue weighted by Crippen LogP contribution is 2.44. The number of halogens is 3. The number of carbonyl (C=O) groups is 2. The highest BCUT2D eigenvalue weighted by atomic mass is 19.4. The third kappa shape index (κ3) is 5.11. The van der Waals surface area contributed by atoms with Gasteiger partial charge in [0.1, 0.15) is 12.6 Å². The van der Waals surface area contributed by atoms with Gasteiger partial charge in [0, 0.05) is 12.3 Å². The van der Waals surface area contributed by atoms with Gasteiger partial charge in [-0.15, -0.1) is 0 Å². The molecule has 2 aromatic rings. The lowest BCUT2D eigenvalue weighted by Crippen LogP contribution is -2.42. The molecule has 0 fully saturated rings. The van der Waals surface area contributed by atoms with Crippen LogP contribution in [0.4, 0.5) is 18.0 Å². The van der Waals surface area contributed by atoms with Gasteiger partial charge in [0.25, 0.3) is 0 Å². The van der Waals surface area contributed by atoms with Gasteiger partial charge in [0.15, 0.2) is 0 Å². The van der Waals surface area contributed by atoms with Gasteiger partial charge in [-0.2, -0.15) is 13.2 Å². The maximum atomic E-state index is 12.5. The van der Waals surface area contributed by atoms with E-state index in [-0.39, 0.29) is 18.9 Å². The van der Waals surface area contributed by atoms with Crippen molar-refractivity contribution in [3.8, 4) is 11.1 Å². The predicted octanol–water partition coefficient (Wildman–Crippen LogP) is 4.96. The van der Waals surface area contributed by atoms with E-state index < -0.39 is 36.6 Å². The number of hydrogen-bond donors (Lipinski definition) is 2. The summed E-state index contributed by atoms with van der Waals surface area (Å²) in [6, 6.07) is 14.0. The van der Waals surface area contributed by atoms with Crippen LogP contribution in [-0.2, 0) is 9.53 Å². The molecule has 5 nitrogen and oxygen atoms in total. The fourth-order valence-electron chi connectivity index (χ4n) is 3.88.